The number of nitrogens with one attached hydrogen (secondary N) is 2. The second-order valence-corrected chi connectivity index (χ2v) is 9.11. The Morgan fingerprint density at radius 1 is 1.15 bits per heavy atom. The Labute approximate surface area is 158 Å². The van der Waals surface area contributed by atoms with Crippen LogP contribution in [0.15, 0.2) is 46.0 Å². The van der Waals surface area contributed by atoms with E-state index < -0.39 is 10.0 Å². The second kappa shape index (κ2) is 8.66. The van der Waals surface area contributed by atoms with Gasteiger partial charge < -0.3 is 11.1 Å². The van der Waals surface area contributed by atoms with Crippen molar-refractivity contribution in [3.63, 3.8) is 0 Å². The highest BCUT2D eigenvalue weighted by Gasteiger charge is 2.21. The van der Waals surface area contributed by atoms with Gasteiger partial charge in [-0.05, 0) is 42.0 Å². The molecule has 2 rings (SSSR count). The normalized spacial score (nSPS) is 12.0. The van der Waals surface area contributed by atoms with Crippen LogP contribution in [0.4, 0.5) is 5.69 Å². The number of carbonyl (C=O) groups excluding carboxylic acids is 1. The molecule has 1 amide bonds. The zero-order valence-electron chi connectivity index (χ0n) is 15.0. The fourth-order valence-corrected chi connectivity index (χ4v) is 4.39. The predicted octanol–water partition coefficient (Wildman–Crippen LogP) is 2.73. The Balaban J connectivity index is 1.92. The lowest BCUT2D eigenvalue weighted by Crippen LogP contribution is -2.49. The van der Waals surface area contributed by atoms with Crippen molar-refractivity contribution in [2.24, 2.45) is 5.73 Å². The van der Waals surface area contributed by atoms with Crippen molar-refractivity contribution in [1.29, 1.82) is 0 Å². The van der Waals surface area contributed by atoms with Gasteiger partial charge in [0.15, 0.2) is 0 Å². The average molecular weight is 396 g/mol. The van der Waals surface area contributed by atoms with Crippen LogP contribution in [-0.4, -0.2) is 26.4 Å². The number of carbonyl (C=O) groups is 1. The fraction of sp³-hybridized carbons (Fsp3) is 0.389. The highest BCUT2D eigenvalue weighted by Crippen LogP contribution is 2.20. The maximum Gasteiger partial charge on any atom is 0.271 e. The second-order valence-electron chi connectivity index (χ2n) is 6.26. The highest BCUT2D eigenvalue weighted by molar-refractivity contribution is 7.94. The number of amides is 1. The number of benzene rings is 1. The third-order valence-corrected chi connectivity index (χ3v) is 7.16. The zero-order chi connectivity index (χ0) is 19.2. The number of sulfonamides is 1. The van der Waals surface area contributed by atoms with Gasteiger partial charge in [-0.15, -0.1) is 11.3 Å². The average Bonchev–Trinajstić information content (AvgIpc) is 3.17. The largest absolute Gasteiger partial charge is 0.354 e. The summed E-state index contributed by atoms with van der Waals surface area (Å²) in [7, 11) is -3.56. The smallest absolute Gasteiger partial charge is 0.271 e. The Kier molecular flexibility index (Phi) is 6.80. The summed E-state index contributed by atoms with van der Waals surface area (Å²) >= 11 is 1.16. The molecular formula is C18H25N3O3S2. The van der Waals surface area contributed by atoms with Gasteiger partial charge in [-0.25, -0.2) is 8.42 Å². The van der Waals surface area contributed by atoms with Crippen LogP contribution in [0.2, 0.25) is 0 Å². The summed E-state index contributed by atoms with van der Waals surface area (Å²) in [6.07, 6.45) is 1.81. The molecule has 1 aromatic carbocycles. The van der Waals surface area contributed by atoms with Crippen LogP contribution in [0.3, 0.4) is 0 Å². The maximum atomic E-state index is 12.2. The van der Waals surface area contributed by atoms with E-state index in [4.69, 9.17) is 5.73 Å². The standard InChI is InChI=1S/C18H25N3O3S2/c1-3-18(19,4-2)13-20-16(22)12-14-7-9-15(10-8-14)21-26(23,24)17-6-5-11-25-17/h5-11,21H,3-4,12-13,19H2,1-2H3,(H,20,22). The van der Waals surface area contributed by atoms with Crippen LogP contribution in [0.25, 0.3) is 0 Å². The number of nitrogens with two attached hydrogens (primary N) is 1. The molecule has 142 valence electrons. The van der Waals surface area contributed by atoms with Gasteiger partial charge >= 0.3 is 0 Å². The van der Waals surface area contributed by atoms with Gasteiger partial charge in [-0.2, -0.15) is 0 Å². The molecule has 0 fully saturated rings. The van der Waals surface area contributed by atoms with E-state index in [0.717, 1.165) is 29.7 Å². The van der Waals surface area contributed by atoms with Gasteiger partial charge in [0.2, 0.25) is 5.91 Å². The Morgan fingerprint density at radius 3 is 2.35 bits per heavy atom. The van der Waals surface area contributed by atoms with Crippen molar-refractivity contribution in [1.82, 2.24) is 5.32 Å². The van der Waals surface area contributed by atoms with Crippen LogP contribution in [0.5, 0.6) is 0 Å². The van der Waals surface area contributed by atoms with Crippen LogP contribution in [-0.2, 0) is 21.2 Å². The molecule has 1 aromatic heterocycles. The van der Waals surface area contributed by atoms with Crippen molar-refractivity contribution >= 4 is 33.0 Å². The van der Waals surface area contributed by atoms with E-state index in [1.165, 1.54) is 0 Å². The SMILES string of the molecule is CCC(N)(CC)CNC(=O)Cc1ccc(NS(=O)(=O)c2cccs2)cc1. The first-order valence-corrected chi connectivity index (χ1v) is 10.8. The lowest BCUT2D eigenvalue weighted by molar-refractivity contribution is -0.120. The molecular weight excluding hydrogens is 370 g/mol. The molecule has 0 saturated heterocycles. The van der Waals surface area contributed by atoms with Gasteiger partial charge in [0, 0.05) is 17.8 Å². The van der Waals surface area contributed by atoms with E-state index in [1.54, 1.807) is 41.8 Å². The number of thiophene rings is 1. The summed E-state index contributed by atoms with van der Waals surface area (Å²) < 4.78 is 27.2. The molecule has 0 aliphatic rings. The number of hydrogen-bond acceptors (Lipinski definition) is 5. The minimum absolute atomic E-state index is 0.103. The third kappa shape index (κ3) is 5.55. The lowest BCUT2D eigenvalue weighted by Gasteiger charge is -2.26. The monoisotopic (exact) mass is 395 g/mol. The topological polar surface area (TPSA) is 101 Å². The van der Waals surface area contributed by atoms with E-state index in [2.05, 4.69) is 10.0 Å². The number of hydrogen-bond donors (Lipinski definition) is 3. The van der Waals surface area contributed by atoms with Crippen molar-refractivity contribution in [3.8, 4) is 0 Å². The summed E-state index contributed by atoms with van der Waals surface area (Å²) in [4.78, 5) is 12.1. The van der Waals surface area contributed by atoms with Crippen molar-refractivity contribution < 1.29 is 13.2 Å². The van der Waals surface area contributed by atoms with Crippen LogP contribution >= 0.6 is 11.3 Å². The number of rotatable bonds is 9. The molecule has 0 aliphatic heterocycles. The van der Waals surface area contributed by atoms with Gasteiger partial charge in [-0.1, -0.05) is 32.0 Å². The summed E-state index contributed by atoms with van der Waals surface area (Å²) in [5.74, 6) is -0.103. The van der Waals surface area contributed by atoms with Crippen molar-refractivity contribution in [3.05, 3.63) is 47.3 Å². The Hall–Kier alpha value is -1.90. The summed E-state index contributed by atoms with van der Waals surface area (Å²) in [6.45, 7) is 4.45. The maximum absolute atomic E-state index is 12.2. The molecule has 8 heteroatoms. The minimum Gasteiger partial charge on any atom is -0.354 e. The molecule has 26 heavy (non-hydrogen) atoms. The summed E-state index contributed by atoms with van der Waals surface area (Å²) in [5.41, 5.74) is 7.06. The van der Waals surface area contributed by atoms with Gasteiger partial charge in [0.1, 0.15) is 4.21 Å². The zero-order valence-corrected chi connectivity index (χ0v) is 16.6. The van der Waals surface area contributed by atoms with Crippen molar-refractivity contribution in [2.75, 3.05) is 11.3 Å². The Bertz CT molecular complexity index is 812. The molecule has 2 aromatic rings. The van der Waals surface area contributed by atoms with E-state index in [0.29, 0.717) is 12.2 Å². The summed E-state index contributed by atoms with van der Waals surface area (Å²) in [5, 5.41) is 4.58. The van der Waals surface area contributed by atoms with Crippen molar-refractivity contribution in [2.45, 2.75) is 42.9 Å². The molecule has 0 aliphatic carbocycles. The highest BCUT2D eigenvalue weighted by atomic mass is 32.2. The van der Waals surface area contributed by atoms with Gasteiger partial charge in [-0.3, -0.25) is 9.52 Å². The first kappa shape index (κ1) is 20.4. The predicted molar refractivity (Wildman–Crippen MR) is 106 cm³/mol. The molecule has 0 atom stereocenters. The summed E-state index contributed by atoms with van der Waals surface area (Å²) in [6, 6.07) is 10.0. The quantitative estimate of drug-likeness (QED) is 0.607. The molecule has 0 saturated carbocycles. The lowest BCUT2D eigenvalue weighted by atomic mass is 9.94. The van der Waals surface area contributed by atoms with E-state index >= 15 is 0 Å². The van der Waals surface area contributed by atoms with E-state index in [1.807, 2.05) is 13.8 Å². The molecule has 6 nitrogen and oxygen atoms in total. The Morgan fingerprint density at radius 2 is 1.81 bits per heavy atom. The molecule has 0 bridgehead atoms. The third-order valence-electron chi connectivity index (χ3n) is 4.38. The minimum atomic E-state index is -3.56. The van der Waals surface area contributed by atoms with Crippen LogP contribution in [0.1, 0.15) is 32.3 Å². The van der Waals surface area contributed by atoms with Crippen LogP contribution in [0, 0.1) is 0 Å². The van der Waals surface area contributed by atoms with Crippen LogP contribution < -0.4 is 15.8 Å². The molecule has 1 heterocycles. The molecule has 0 spiro atoms. The number of anilines is 1. The molecule has 0 unspecified atom stereocenters. The van der Waals surface area contributed by atoms with Gasteiger partial charge in [0.05, 0.1) is 6.42 Å². The first-order valence-electron chi connectivity index (χ1n) is 8.49. The fourth-order valence-electron chi connectivity index (χ4n) is 2.33. The molecule has 0 radical (unpaired) electrons. The van der Waals surface area contributed by atoms with E-state index in [9.17, 15) is 13.2 Å². The molecule has 4 N–H and O–H groups in total. The van der Waals surface area contributed by atoms with Gasteiger partial charge in [0.25, 0.3) is 10.0 Å². The van der Waals surface area contributed by atoms with E-state index in [-0.39, 0.29) is 22.1 Å². The first-order chi connectivity index (χ1) is 12.3.